The highest BCUT2D eigenvalue weighted by Gasteiger charge is 2.63. The number of benzene rings is 4. The van der Waals surface area contributed by atoms with E-state index < -0.39 is 4.87 Å². The zero-order chi connectivity index (χ0) is 29.3. The van der Waals surface area contributed by atoms with Gasteiger partial charge in [0.25, 0.3) is 5.91 Å². The van der Waals surface area contributed by atoms with Crippen LogP contribution in [0.4, 0.5) is 17.1 Å². The second-order valence-corrected chi connectivity index (χ2v) is 13.3. The van der Waals surface area contributed by atoms with Crippen molar-refractivity contribution >= 4 is 74.2 Å². The van der Waals surface area contributed by atoms with Crippen molar-refractivity contribution in [3.63, 3.8) is 0 Å². The summed E-state index contributed by atoms with van der Waals surface area (Å²) >= 11 is 7.66. The Morgan fingerprint density at radius 3 is 2.44 bits per heavy atom. The third kappa shape index (κ3) is 4.08. The summed E-state index contributed by atoms with van der Waals surface area (Å²) in [6.07, 6.45) is 0. The molecule has 7 nitrogen and oxygen atoms in total. The highest BCUT2D eigenvalue weighted by atomic mass is 35.5. The Morgan fingerprint density at radius 1 is 0.837 bits per heavy atom. The minimum absolute atomic E-state index is 0.0828. The molecule has 2 fully saturated rings. The van der Waals surface area contributed by atoms with Crippen LogP contribution in [-0.2, 0) is 14.5 Å². The Morgan fingerprint density at radius 2 is 1.60 bits per heavy atom. The summed E-state index contributed by atoms with van der Waals surface area (Å²) in [5.74, 6) is -0.168. The Kier molecular flexibility index (Phi) is 6.22. The molecule has 2 atom stereocenters. The average molecular weight is 609 g/mol. The van der Waals surface area contributed by atoms with Gasteiger partial charge in [0.2, 0.25) is 10.8 Å². The number of anilines is 3. The van der Waals surface area contributed by atoms with E-state index in [2.05, 4.69) is 15.9 Å². The Labute approximate surface area is 258 Å². The fourth-order valence-corrected chi connectivity index (χ4v) is 8.47. The number of nitrogens with zero attached hydrogens (tertiary/aromatic N) is 4. The molecule has 1 spiro atoms. The van der Waals surface area contributed by atoms with Crippen molar-refractivity contribution in [1.29, 1.82) is 0 Å². The number of halogens is 1. The summed E-state index contributed by atoms with van der Waals surface area (Å²) in [7, 11) is 0. The van der Waals surface area contributed by atoms with Gasteiger partial charge in [0.1, 0.15) is 11.2 Å². The second kappa shape index (κ2) is 10.0. The molecule has 5 aromatic rings. The first kappa shape index (κ1) is 26.6. The molecule has 9 heteroatoms. The standard InChI is InChI=1S/C34H29ClN4O3S/c1-22-32(40)39(25-13-14-27-26-9-2-5-12-30(26)42-31(27)20-25)34(43-22)28-10-3-4-11-29(28)38(33(34)41)21-36-15-17-37(18-16-36)24-8-6-7-23(35)19-24/h2-14,19-20,22H,15-18,21H2,1H3. The summed E-state index contributed by atoms with van der Waals surface area (Å²) in [6.45, 7) is 5.63. The van der Waals surface area contributed by atoms with E-state index in [4.69, 9.17) is 16.0 Å². The SMILES string of the molecule is CC1SC2(C(=O)N(CN3CCN(c4cccc(Cl)c4)CC3)c3ccccc32)N(c2ccc3c(c2)oc2ccccc23)C1=O. The van der Waals surface area contributed by atoms with Gasteiger partial charge in [-0.2, -0.15) is 0 Å². The molecule has 3 aliphatic heterocycles. The third-order valence-electron chi connectivity index (χ3n) is 8.83. The van der Waals surface area contributed by atoms with Gasteiger partial charge in [-0.05, 0) is 49.4 Å². The maximum atomic E-state index is 14.7. The van der Waals surface area contributed by atoms with E-state index in [0.29, 0.717) is 17.9 Å². The minimum Gasteiger partial charge on any atom is -0.456 e. The normalized spacial score (nSPS) is 22.5. The Hall–Kier alpha value is -3.98. The molecule has 216 valence electrons. The summed E-state index contributed by atoms with van der Waals surface area (Å²) < 4.78 is 6.17. The molecule has 8 rings (SSSR count). The van der Waals surface area contributed by atoms with Crippen molar-refractivity contribution in [3.05, 3.63) is 102 Å². The minimum atomic E-state index is -1.19. The molecule has 0 saturated carbocycles. The van der Waals surface area contributed by atoms with E-state index in [9.17, 15) is 9.59 Å². The molecular weight excluding hydrogens is 580 g/mol. The molecule has 0 aliphatic carbocycles. The summed E-state index contributed by atoms with van der Waals surface area (Å²) in [6, 6.07) is 29.6. The van der Waals surface area contributed by atoms with E-state index >= 15 is 0 Å². The monoisotopic (exact) mass is 608 g/mol. The highest BCUT2D eigenvalue weighted by Crippen LogP contribution is 2.58. The smallest absolute Gasteiger partial charge is 0.269 e. The molecule has 0 radical (unpaired) electrons. The first-order valence-corrected chi connectivity index (χ1v) is 15.8. The molecule has 0 N–H and O–H groups in total. The van der Waals surface area contributed by atoms with Crippen molar-refractivity contribution < 1.29 is 14.0 Å². The molecule has 1 aromatic heterocycles. The Bertz CT molecular complexity index is 1920. The van der Waals surface area contributed by atoms with Crippen LogP contribution in [0.3, 0.4) is 0 Å². The van der Waals surface area contributed by atoms with Crippen LogP contribution in [0, 0.1) is 0 Å². The van der Waals surface area contributed by atoms with Crippen LogP contribution in [0.25, 0.3) is 21.9 Å². The number of amides is 2. The maximum absolute atomic E-state index is 14.7. The van der Waals surface area contributed by atoms with Gasteiger partial charge in [-0.25, -0.2) is 0 Å². The van der Waals surface area contributed by atoms with Crippen molar-refractivity contribution in [3.8, 4) is 0 Å². The lowest BCUT2D eigenvalue weighted by atomic mass is 10.0. The summed E-state index contributed by atoms with van der Waals surface area (Å²) in [5, 5.41) is 2.35. The van der Waals surface area contributed by atoms with Gasteiger partial charge < -0.3 is 9.32 Å². The number of para-hydroxylation sites is 2. The molecule has 2 saturated heterocycles. The lowest BCUT2D eigenvalue weighted by molar-refractivity contribution is -0.124. The zero-order valence-corrected chi connectivity index (χ0v) is 25.1. The second-order valence-electron chi connectivity index (χ2n) is 11.3. The van der Waals surface area contributed by atoms with Gasteiger partial charge in [-0.3, -0.25) is 24.3 Å². The third-order valence-corrected chi connectivity index (χ3v) is 10.5. The number of carbonyl (C=O) groups is 2. The zero-order valence-electron chi connectivity index (χ0n) is 23.6. The van der Waals surface area contributed by atoms with Crippen molar-refractivity contribution in [2.24, 2.45) is 0 Å². The van der Waals surface area contributed by atoms with Gasteiger partial charge in [0.05, 0.1) is 17.6 Å². The largest absolute Gasteiger partial charge is 0.456 e. The van der Waals surface area contributed by atoms with Crippen LogP contribution in [0.15, 0.2) is 95.4 Å². The van der Waals surface area contributed by atoms with E-state index in [1.165, 1.54) is 11.8 Å². The molecule has 4 aromatic carbocycles. The molecule has 3 aliphatic rings. The van der Waals surface area contributed by atoms with Crippen LogP contribution in [0.5, 0.6) is 0 Å². The van der Waals surface area contributed by atoms with Gasteiger partial charge >= 0.3 is 0 Å². The van der Waals surface area contributed by atoms with E-state index in [1.807, 2.05) is 96.8 Å². The Balaban J connectivity index is 1.13. The lowest BCUT2D eigenvalue weighted by Crippen LogP contribution is -2.54. The maximum Gasteiger partial charge on any atom is 0.269 e. The number of rotatable bonds is 4. The van der Waals surface area contributed by atoms with Gasteiger partial charge in [-0.15, -0.1) is 11.8 Å². The van der Waals surface area contributed by atoms with Crippen molar-refractivity contribution in [2.75, 3.05) is 47.5 Å². The number of thioether (sulfide) groups is 1. The first-order valence-electron chi connectivity index (χ1n) is 14.5. The fraction of sp³-hybridized carbons (Fsp3) is 0.235. The predicted molar refractivity (Wildman–Crippen MR) is 174 cm³/mol. The molecular formula is C34H29ClN4O3S. The van der Waals surface area contributed by atoms with E-state index in [0.717, 1.165) is 64.5 Å². The van der Waals surface area contributed by atoms with Crippen LogP contribution in [0.2, 0.25) is 5.02 Å². The van der Waals surface area contributed by atoms with E-state index in [-0.39, 0.29) is 17.1 Å². The summed E-state index contributed by atoms with van der Waals surface area (Å²) in [5.41, 5.74) is 4.97. The number of hydrogen-bond acceptors (Lipinski definition) is 6. The average Bonchev–Trinajstić information content (AvgIpc) is 3.61. The van der Waals surface area contributed by atoms with Crippen LogP contribution < -0.4 is 14.7 Å². The molecule has 0 bridgehead atoms. The molecule has 43 heavy (non-hydrogen) atoms. The quantitative estimate of drug-likeness (QED) is 0.227. The summed E-state index contributed by atoms with van der Waals surface area (Å²) in [4.78, 5) is 35.6. The van der Waals surface area contributed by atoms with Crippen molar-refractivity contribution in [1.82, 2.24) is 4.90 Å². The lowest BCUT2D eigenvalue weighted by Gasteiger charge is -2.38. The van der Waals surface area contributed by atoms with Gasteiger partial charge in [0.15, 0.2) is 0 Å². The molecule has 2 unspecified atom stereocenters. The highest BCUT2D eigenvalue weighted by molar-refractivity contribution is 8.03. The van der Waals surface area contributed by atoms with Crippen molar-refractivity contribution in [2.45, 2.75) is 17.0 Å². The van der Waals surface area contributed by atoms with Crippen LogP contribution in [-0.4, -0.2) is 54.8 Å². The molecule has 2 amide bonds. The number of piperazine rings is 1. The van der Waals surface area contributed by atoms with Crippen LogP contribution in [0.1, 0.15) is 12.5 Å². The fourth-order valence-electron chi connectivity index (χ4n) is 6.75. The van der Waals surface area contributed by atoms with Gasteiger partial charge in [-0.1, -0.05) is 54.1 Å². The number of hydrogen-bond donors (Lipinski definition) is 0. The number of furan rings is 1. The number of carbonyl (C=O) groups excluding carboxylic acids is 2. The van der Waals surface area contributed by atoms with Gasteiger partial charge in [0, 0.05) is 65.0 Å². The van der Waals surface area contributed by atoms with E-state index in [1.54, 1.807) is 4.90 Å². The topological polar surface area (TPSA) is 60.2 Å². The molecule has 4 heterocycles. The predicted octanol–water partition coefficient (Wildman–Crippen LogP) is 6.69. The van der Waals surface area contributed by atoms with Crippen LogP contribution >= 0.6 is 23.4 Å². The first-order chi connectivity index (χ1) is 20.9. The number of fused-ring (bicyclic) bond motifs is 5.